The van der Waals surface area contributed by atoms with Gasteiger partial charge in [0.15, 0.2) is 0 Å². The fourth-order valence-electron chi connectivity index (χ4n) is 1.10. The number of hydrogen-bond acceptors (Lipinski definition) is 5. The summed E-state index contributed by atoms with van der Waals surface area (Å²) in [5.74, 6) is 0.883. The molecule has 0 aliphatic carbocycles. The van der Waals surface area contributed by atoms with Crippen LogP contribution in [0.25, 0.3) is 0 Å². The van der Waals surface area contributed by atoms with Gasteiger partial charge in [0.1, 0.15) is 12.1 Å². The number of benzene rings is 1. The van der Waals surface area contributed by atoms with Gasteiger partial charge in [-0.1, -0.05) is 0 Å². The average Bonchev–Trinajstić information content (AvgIpc) is 2.31. The third-order valence-electron chi connectivity index (χ3n) is 1.82. The van der Waals surface area contributed by atoms with Crippen molar-refractivity contribution in [2.45, 2.75) is 0 Å². The molecule has 16 heavy (non-hydrogen) atoms. The summed E-state index contributed by atoms with van der Waals surface area (Å²) in [5, 5.41) is 10.4. The van der Waals surface area contributed by atoms with Gasteiger partial charge in [-0.3, -0.25) is 10.1 Å². The van der Waals surface area contributed by atoms with Crippen LogP contribution in [-0.4, -0.2) is 14.9 Å². The van der Waals surface area contributed by atoms with Crippen LogP contribution >= 0.6 is 0 Å². The van der Waals surface area contributed by atoms with Crippen LogP contribution in [0.4, 0.5) is 5.69 Å². The van der Waals surface area contributed by atoms with E-state index < -0.39 is 4.92 Å². The first kappa shape index (κ1) is 10.0. The lowest BCUT2D eigenvalue weighted by Crippen LogP contribution is -1.89. The summed E-state index contributed by atoms with van der Waals surface area (Å²) in [7, 11) is 0. The van der Waals surface area contributed by atoms with Crippen molar-refractivity contribution in [2.75, 3.05) is 0 Å². The highest BCUT2D eigenvalue weighted by Crippen LogP contribution is 2.21. The van der Waals surface area contributed by atoms with E-state index in [-0.39, 0.29) is 5.69 Å². The fraction of sp³-hybridized carbons (Fsp3) is 0. The highest BCUT2D eigenvalue weighted by Gasteiger charge is 2.04. The first-order valence-electron chi connectivity index (χ1n) is 4.44. The molecule has 0 N–H and O–H groups in total. The number of aromatic nitrogens is 2. The molecule has 2 rings (SSSR count). The Morgan fingerprint density at radius 2 is 1.94 bits per heavy atom. The third kappa shape index (κ3) is 2.30. The highest BCUT2D eigenvalue weighted by molar-refractivity contribution is 5.37. The van der Waals surface area contributed by atoms with E-state index in [0.717, 1.165) is 0 Å². The van der Waals surface area contributed by atoms with Crippen molar-refractivity contribution in [3.63, 3.8) is 0 Å². The standard InChI is InChI=1S/C10H7N3O3/c14-13(15)8-1-3-9(4-2-8)16-10-5-6-11-7-12-10/h1-7H. The lowest BCUT2D eigenvalue weighted by atomic mass is 10.3. The quantitative estimate of drug-likeness (QED) is 0.581. The van der Waals surface area contributed by atoms with Gasteiger partial charge in [-0.25, -0.2) is 9.97 Å². The Morgan fingerprint density at radius 3 is 2.50 bits per heavy atom. The Labute approximate surface area is 90.7 Å². The van der Waals surface area contributed by atoms with Crippen LogP contribution in [0.5, 0.6) is 11.6 Å². The molecule has 0 saturated heterocycles. The monoisotopic (exact) mass is 217 g/mol. The van der Waals surface area contributed by atoms with Gasteiger partial charge in [0.05, 0.1) is 4.92 Å². The molecule has 0 saturated carbocycles. The Bertz CT molecular complexity index is 484. The number of nitrogens with zero attached hydrogens (tertiary/aromatic N) is 3. The Kier molecular flexibility index (Phi) is 2.73. The molecule has 0 aliphatic rings. The molecule has 1 aromatic heterocycles. The van der Waals surface area contributed by atoms with Crippen LogP contribution in [0.15, 0.2) is 42.9 Å². The predicted octanol–water partition coefficient (Wildman–Crippen LogP) is 2.18. The highest BCUT2D eigenvalue weighted by atomic mass is 16.6. The molecule has 1 heterocycles. The van der Waals surface area contributed by atoms with Crippen molar-refractivity contribution < 1.29 is 9.66 Å². The van der Waals surface area contributed by atoms with Crippen molar-refractivity contribution in [1.29, 1.82) is 0 Å². The van der Waals surface area contributed by atoms with Crippen molar-refractivity contribution in [3.05, 3.63) is 53.0 Å². The summed E-state index contributed by atoms with van der Waals surface area (Å²) in [4.78, 5) is 17.6. The molecule has 80 valence electrons. The topological polar surface area (TPSA) is 78.2 Å². The second kappa shape index (κ2) is 4.35. The summed E-state index contributed by atoms with van der Waals surface area (Å²) in [6.45, 7) is 0. The number of rotatable bonds is 3. The summed E-state index contributed by atoms with van der Waals surface area (Å²) in [6, 6.07) is 7.37. The summed E-state index contributed by atoms with van der Waals surface area (Å²) in [5.41, 5.74) is 0.0232. The Morgan fingerprint density at radius 1 is 1.19 bits per heavy atom. The number of ether oxygens (including phenoxy) is 1. The summed E-state index contributed by atoms with van der Waals surface area (Å²) < 4.78 is 5.34. The Balaban J connectivity index is 2.14. The molecule has 6 nitrogen and oxygen atoms in total. The number of nitro benzene ring substituents is 1. The maximum atomic E-state index is 10.4. The molecule has 0 amide bonds. The molecule has 2 aromatic rings. The molecule has 0 fully saturated rings. The molecule has 6 heteroatoms. The first-order chi connectivity index (χ1) is 7.75. The summed E-state index contributed by atoms with van der Waals surface area (Å²) >= 11 is 0. The second-order valence-corrected chi connectivity index (χ2v) is 2.90. The minimum absolute atomic E-state index is 0.0232. The normalized spacial score (nSPS) is 9.75. The van der Waals surface area contributed by atoms with Gasteiger partial charge in [0.2, 0.25) is 5.88 Å². The van der Waals surface area contributed by atoms with Crippen molar-refractivity contribution in [2.24, 2.45) is 0 Å². The van der Waals surface area contributed by atoms with Gasteiger partial charge in [0, 0.05) is 24.4 Å². The van der Waals surface area contributed by atoms with Crippen LogP contribution in [-0.2, 0) is 0 Å². The van der Waals surface area contributed by atoms with Crippen molar-refractivity contribution >= 4 is 5.69 Å². The molecule has 0 bridgehead atoms. The van der Waals surface area contributed by atoms with E-state index >= 15 is 0 Å². The molecule has 0 spiro atoms. The lowest BCUT2D eigenvalue weighted by molar-refractivity contribution is -0.384. The Hall–Kier alpha value is -2.50. The fourth-order valence-corrected chi connectivity index (χ4v) is 1.10. The zero-order valence-corrected chi connectivity index (χ0v) is 8.11. The maximum Gasteiger partial charge on any atom is 0.269 e. The SMILES string of the molecule is O=[N+]([O-])c1ccc(Oc2ccncn2)cc1. The number of non-ortho nitro benzene ring substituents is 1. The molecular weight excluding hydrogens is 210 g/mol. The van der Waals surface area contributed by atoms with Gasteiger partial charge < -0.3 is 4.74 Å². The van der Waals surface area contributed by atoms with E-state index in [1.165, 1.54) is 30.6 Å². The minimum Gasteiger partial charge on any atom is -0.439 e. The minimum atomic E-state index is -0.464. The molecule has 0 radical (unpaired) electrons. The van der Waals surface area contributed by atoms with Gasteiger partial charge in [-0.15, -0.1) is 0 Å². The second-order valence-electron chi connectivity index (χ2n) is 2.90. The van der Waals surface area contributed by atoms with Crippen molar-refractivity contribution in [1.82, 2.24) is 9.97 Å². The molecule has 1 aromatic carbocycles. The molecule has 0 atom stereocenters. The zero-order chi connectivity index (χ0) is 11.4. The zero-order valence-electron chi connectivity index (χ0n) is 8.11. The van der Waals surface area contributed by atoms with E-state index in [0.29, 0.717) is 11.6 Å². The van der Waals surface area contributed by atoms with Gasteiger partial charge >= 0.3 is 0 Å². The van der Waals surface area contributed by atoms with E-state index in [1.807, 2.05) is 0 Å². The van der Waals surface area contributed by atoms with Crippen LogP contribution in [0.2, 0.25) is 0 Å². The van der Waals surface area contributed by atoms with E-state index in [9.17, 15) is 10.1 Å². The van der Waals surface area contributed by atoms with E-state index in [4.69, 9.17) is 4.74 Å². The van der Waals surface area contributed by atoms with E-state index in [1.54, 1.807) is 12.3 Å². The van der Waals surface area contributed by atoms with Crippen LogP contribution in [0.3, 0.4) is 0 Å². The molecule has 0 aliphatic heterocycles. The molecule has 0 unspecified atom stereocenters. The number of nitro groups is 1. The lowest BCUT2D eigenvalue weighted by Gasteiger charge is -2.02. The van der Waals surface area contributed by atoms with Crippen molar-refractivity contribution in [3.8, 4) is 11.6 Å². The van der Waals surface area contributed by atoms with Gasteiger partial charge in [-0.05, 0) is 12.1 Å². The summed E-state index contributed by atoms with van der Waals surface area (Å²) in [6.07, 6.45) is 2.91. The molecular formula is C10H7N3O3. The van der Waals surface area contributed by atoms with E-state index in [2.05, 4.69) is 9.97 Å². The van der Waals surface area contributed by atoms with Crippen LogP contribution < -0.4 is 4.74 Å². The third-order valence-corrected chi connectivity index (χ3v) is 1.82. The number of hydrogen-bond donors (Lipinski definition) is 0. The average molecular weight is 217 g/mol. The van der Waals surface area contributed by atoms with Gasteiger partial charge in [-0.2, -0.15) is 0 Å². The smallest absolute Gasteiger partial charge is 0.269 e. The first-order valence-corrected chi connectivity index (χ1v) is 4.44. The predicted molar refractivity (Wildman–Crippen MR) is 55.2 cm³/mol. The largest absolute Gasteiger partial charge is 0.439 e. The van der Waals surface area contributed by atoms with Crippen LogP contribution in [0, 0.1) is 10.1 Å². The maximum absolute atomic E-state index is 10.4. The van der Waals surface area contributed by atoms with Crippen LogP contribution in [0.1, 0.15) is 0 Å². The van der Waals surface area contributed by atoms with Gasteiger partial charge in [0.25, 0.3) is 5.69 Å².